The van der Waals surface area contributed by atoms with Gasteiger partial charge in [0.15, 0.2) is 5.78 Å². The van der Waals surface area contributed by atoms with Gasteiger partial charge in [-0.1, -0.05) is 30.3 Å². The SMILES string of the molecule is NC1=C(c2ccccc2)C(=O)C=CC1=O. The summed E-state index contributed by atoms with van der Waals surface area (Å²) in [6.07, 6.45) is 2.45. The Balaban J connectivity index is 2.57. The van der Waals surface area contributed by atoms with E-state index in [1.165, 1.54) is 12.2 Å². The highest BCUT2D eigenvalue weighted by atomic mass is 16.1. The maximum atomic E-state index is 11.6. The van der Waals surface area contributed by atoms with Crippen LogP contribution in [0.15, 0.2) is 48.2 Å². The molecule has 0 unspecified atom stereocenters. The smallest absolute Gasteiger partial charge is 0.202 e. The molecule has 0 fully saturated rings. The van der Waals surface area contributed by atoms with Gasteiger partial charge in [0, 0.05) is 0 Å². The third-order valence-corrected chi connectivity index (χ3v) is 2.23. The van der Waals surface area contributed by atoms with Gasteiger partial charge in [-0.25, -0.2) is 0 Å². The van der Waals surface area contributed by atoms with Crippen molar-refractivity contribution in [1.29, 1.82) is 0 Å². The van der Waals surface area contributed by atoms with Gasteiger partial charge in [-0.3, -0.25) is 9.59 Å². The number of nitrogens with two attached hydrogens (primary N) is 1. The first-order valence-electron chi connectivity index (χ1n) is 4.52. The van der Waals surface area contributed by atoms with Crippen molar-refractivity contribution in [3.05, 3.63) is 53.7 Å². The van der Waals surface area contributed by atoms with E-state index in [4.69, 9.17) is 5.73 Å². The lowest BCUT2D eigenvalue weighted by Gasteiger charge is -2.10. The molecule has 0 amide bonds. The van der Waals surface area contributed by atoms with Crippen molar-refractivity contribution in [1.82, 2.24) is 0 Å². The fourth-order valence-corrected chi connectivity index (χ4v) is 1.48. The van der Waals surface area contributed by atoms with Crippen LogP contribution in [-0.2, 0) is 9.59 Å². The molecule has 74 valence electrons. The number of carbonyl (C=O) groups is 2. The Morgan fingerprint density at radius 3 is 2.13 bits per heavy atom. The summed E-state index contributed by atoms with van der Waals surface area (Å²) in [4.78, 5) is 22.9. The van der Waals surface area contributed by atoms with Gasteiger partial charge < -0.3 is 5.73 Å². The van der Waals surface area contributed by atoms with E-state index in [1.54, 1.807) is 24.3 Å². The molecule has 0 spiro atoms. The Bertz CT molecular complexity index is 484. The van der Waals surface area contributed by atoms with Gasteiger partial charge in [0.25, 0.3) is 0 Å². The lowest BCUT2D eigenvalue weighted by molar-refractivity contribution is -0.114. The van der Waals surface area contributed by atoms with Crippen LogP contribution < -0.4 is 5.73 Å². The summed E-state index contributed by atoms with van der Waals surface area (Å²) >= 11 is 0. The van der Waals surface area contributed by atoms with Gasteiger partial charge >= 0.3 is 0 Å². The van der Waals surface area contributed by atoms with E-state index >= 15 is 0 Å². The van der Waals surface area contributed by atoms with E-state index in [1.807, 2.05) is 6.07 Å². The van der Waals surface area contributed by atoms with Crippen LogP contribution in [-0.4, -0.2) is 11.6 Å². The van der Waals surface area contributed by atoms with E-state index < -0.39 is 0 Å². The molecule has 0 radical (unpaired) electrons. The first kappa shape index (κ1) is 9.40. The van der Waals surface area contributed by atoms with Gasteiger partial charge in [-0.05, 0) is 17.7 Å². The summed E-state index contributed by atoms with van der Waals surface area (Å²) in [5, 5.41) is 0. The summed E-state index contributed by atoms with van der Waals surface area (Å²) in [6, 6.07) is 8.95. The predicted octanol–water partition coefficient (Wildman–Crippen LogP) is 1.06. The Morgan fingerprint density at radius 1 is 0.867 bits per heavy atom. The number of ketones is 2. The zero-order valence-electron chi connectivity index (χ0n) is 7.94. The van der Waals surface area contributed by atoms with Gasteiger partial charge in [0.1, 0.15) is 0 Å². The fourth-order valence-electron chi connectivity index (χ4n) is 1.48. The molecule has 0 atom stereocenters. The second kappa shape index (κ2) is 3.53. The van der Waals surface area contributed by atoms with Gasteiger partial charge in [-0.15, -0.1) is 0 Å². The molecule has 0 saturated carbocycles. The van der Waals surface area contributed by atoms with Crippen LogP contribution in [0.1, 0.15) is 5.56 Å². The monoisotopic (exact) mass is 199 g/mol. The minimum atomic E-state index is -0.312. The van der Waals surface area contributed by atoms with Gasteiger partial charge in [-0.2, -0.15) is 0 Å². The molecule has 0 aliphatic heterocycles. The van der Waals surface area contributed by atoms with Crippen LogP contribution in [0.25, 0.3) is 5.57 Å². The van der Waals surface area contributed by atoms with Crippen LogP contribution >= 0.6 is 0 Å². The quantitative estimate of drug-likeness (QED) is 0.688. The largest absolute Gasteiger partial charge is 0.395 e. The zero-order chi connectivity index (χ0) is 10.8. The zero-order valence-corrected chi connectivity index (χ0v) is 7.94. The summed E-state index contributed by atoms with van der Waals surface area (Å²) < 4.78 is 0. The Hall–Kier alpha value is -2.16. The average Bonchev–Trinajstić information content (AvgIpc) is 2.26. The number of hydrogen-bond donors (Lipinski definition) is 1. The van der Waals surface area contributed by atoms with Crippen molar-refractivity contribution in [2.45, 2.75) is 0 Å². The van der Waals surface area contributed by atoms with Crippen molar-refractivity contribution < 1.29 is 9.59 Å². The van der Waals surface area contributed by atoms with Crippen LogP contribution in [0.2, 0.25) is 0 Å². The number of allylic oxidation sites excluding steroid dienone is 3. The molecule has 1 aromatic carbocycles. The highest BCUT2D eigenvalue weighted by Crippen LogP contribution is 2.21. The van der Waals surface area contributed by atoms with Crippen molar-refractivity contribution in [3.63, 3.8) is 0 Å². The molecular formula is C12H9NO2. The lowest BCUT2D eigenvalue weighted by atomic mass is 9.94. The normalized spacial score (nSPS) is 16.0. The molecule has 15 heavy (non-hydrogen) atoms. The van der Waals surface area contributed by atoms with Crippen molar-refractivity contribution in [2.75, 3.05) is 0 Å². The van der Waals surface area contributed by atoms with Crippen molar-refractivity contribution >= 4 is 17.1 Å². The average molecular weight is 199 g/mol. The van der Waals surface area contributed by atoms with E-state index in [9.17, 15) is 9.59 Å². The number of carbonyl (C=O) groups excluding carboxylic acids is 2. The summed E-state index contributed by atoms with van der Waals surface area (Å²) in [5.74, 6) is -0.535. The standard InChI is InChI=1S/C12H9NO2/c13-12-10(15)7-6-9(14)11(12)8-4-2-1-3-5-8/h1-7H,13H2. The first-order valence-corrected chi connectivity index (χ1v) is 4.52. The Morgan fingerprint density at radius 2 is 1.47 bits per heavy atom. The number of benzene rings is 1. The second-order valence-electron chi connectivity index (χ2n) is 3.22. The number of hydrogen-bond acceptors (Lipinski definition) is 3. The minimum Gasteiger partial charge on any atom is -0.395 e. The third-order valence-electron chi connectivity index (χ3n) is 2.23. The highest BCUT2D eigenvalue weighted by Gasteiger charge is 2.21. The summed E-state index contributed by atoms with van der Waals surface area (Å²) in [5.41, 5.74) is 6.60. The maximum Gasteiger partial charge on any atom is 0.202 e. The Labute approximate surface area is 86.9 Å². The Kier molecular flexibility index (Phi) is 2.21. The van der Waals surface area contributed by atoms with Crippen LogP contribution in [0.3, 0.4) is 0 Å². The molecule has 2 N–H and O–H groups in total. The molecule has 1 aliphatic rings. The van der Waals surface area contributed by atoms with E-state index in [2.05, 4.69) is 0 Å². The van der Waals surface area contributed by atoms with Gasteiger partial charge in [0.05, 0.1) is 11.3 Å². The van der Waals surface area contributed by atoms with Crippen molar-refractivity contribution in [3.8, 4) is 0 Å². The molecule has 1 aliphatic carbocycles. The van der Waals surface area contributed by atoms with Crippen molar-refractivity contribution in [2.24, 2.45) is 5.73 Å². The predicted molar refractivity (Wildman–Crippen MR) is 56.7 cm³/mol. The van der Waals surface area contributed by atoms with Crippen LogP contribution in [0.5, 0.6) is 0 Å². The molecule has 1 aromatic rings. The molecule has 0 saturated heterocycles. The molecule has 0 aromatic heterocycles. The summed E-state index contributed by atoms with van der Waals surface area (Å²) in [7, 11) is 0. The fraction of sp³-hybridized carbons (Fsp3) is 0. The van der Waals surface area contributed by atoms with E-state index in [0.717, 1.165) is 0 Å². The van der Waals surface area contributed by atoms with E-state index in [0.29, 0.717) is 11.1 Å². The topological polar surface area (TPSA) is 60.2 Å². The maximum absolute atomic E-state index is 11.6. The molecule has 0 bridgehead atoms. The van der Waals surface area contributed by atoms with E-state index in [-0.39, 0.29) is 17.3 Å². The third kappa shape index (κ3) is 1.59. The molecular weight excluding hydrogens is 190 g/mol. The lowest BCUT2D eigenvalue weighted by Crippen LogP contribution is -2.19. The minimum absolute atomic E-state index is 0.0219. The molecule has 3 nitrogen and oxygen atoms in total. The van der Waals surface area contributed by atoms with Crippen LogP contribution in [0, 0.1) is 0 Å². The highest BCUT2D eigenvalue weighted by molar-refractivity contribution is 6.35. The molecule has 3 heteroatoms. The number of rotatable bonds is 1. The first-order chi connectivity index (χ1) is 7.20. The summed E-state index contributed by atoms with van der Waals surface area (Å²) in [6.45, 7) is 0. The second-order valence-corrected chi connectivity index (χ2v) is 3.22. The van der Waals surface area contributed by atoms with Crippen LogP contribution in [0.4, 0.5) is 0 Å². The molecule has 0 heterocycles. The van der Waals surface area contributed by atoms with Gasteiger partial charge in [0.2, 0.25) is 5.78 Å². The molecule has 2 rings (SSSR count).